The number of rotatable bonds is 7. The lowest BCUT2D eigenvalue weighted by atomic mass is 9.97. The molecule has 5 nitrogen and oxygen atoms in total. The van der Waals surface area contributed by atoms with Gasteiger partial charge in [-0.2, -0.15) is 0 Å². The molecule has 0 radical (unpaired) electrons. The number of thiophene rings is 1. The Kier molecular flexibility index (Phi) is 6.68. The van der Waals surface area contributed by atoms with Gasteiger partial charge in [0.2, 0.25) is 0 Å². The molecule has 1 aromatic heterocycles. The molecule has 2 rings (SSSR count). The van der Waals surface area contributed by atoms with Crippen molar-refractivity contribution < 1.29 is 18.8 Å². The maximum Gasteiger partial charge on any atom is 0.417 e. The van der Waals surface area contributed by atoms with Crippen molar-refractivity contribution in [2.75, 3.05) is 6.61 Å². The normalized spacial score (nSPS) is 20.8. The molecule has 1 aromatic rings. The Labute approximate surface area is 161 Å². The van der Waals surface area contributed by atoms with Crippen LogP contribution in [0.1, 0.15) is 52.5 Å². The fourth-order valence-electron chi connectivity index (χ4n) is 3.13. The van der Waals surface area contributed by atoms with E-state index in [1.165, 1.54) is 16.2 Å². The van der Waals surface area contributed by atoms with Crippen molar-refractivity contribution in [2.45, 2.75) is 71.8 Å². The summed E-state index contributed by atoms with van der Waals surface area (Å²) in [5.41, 5.74) is -0.146. The number of ether oxygens (including phenoxy) is 1. The van der Waals surface area contributed by atoms with Gasteiger partial charge >= 0.3 is 6.09 Å². The van der Waals surface area contributed by atoms with E-state index in [2.05, 4.69) is 20.8 Å². The number of carbonyl (C=O) groups excluding carboxylic acids is 2. The first-order valence-corrected chi connectivity index (χ1v) is 12.8. The summed E-state index contributed by atoms with van der Waals surface area (Å²) in [4.78, 5) is 27.5. The van der Waals surface area contributed by atoms with Gasteiger partial charge in [-0.1, -0.05) is 47.6 Å². The predicted molar refractivity (Wildman–Crippen MR) is 107 cm³/mol. The van der Waals surface area contributed by atoms with Crippen LogP contribution in [-0.4, -0.2) is 37.9 Å². The molecular weight excluding hydrogens is 366 g/mol. The quantitative estimate of drug-likeness (QED) is 0.468. The first-order valence-electron chi connectivity index (χ1n) is 9.39. The smallest absolute Gasteiger partial charge is 0.417 e. The first-order chi connectivity index (χ1) is 12.2. The predicted octanol–water partition coefficient (Wildman–Crippen LogP) is 5.20. The summed E-state index contributed by atoms with van der Waals surface area (Å²) in [5.74, 6) is -0.269. The highest BCUT2D eigenvalue weighted by atomic mass is 32.1. The molecule has 2 atom stereocenters. The lowest BCUT2D eigenvalue weighted by Crippen LogP contribution is -2.64. The zero-order valence-electron chi connectivity index (χ0n) is 16.7. The number of nitrogens with zero attached hydrogens (tertiary/aromatic N) is 1. The average Bonchev–Trinajstić information content (AvgIpc) is 3.12. The summed E-state index contributed by atoms with van der Waals surface area (Å²) >= 11 is 1.54. The van der Waals surface area contributed by atoms with Crippen LogP contribution in [0.3, 0.4) is 0 Å². The maximum absolute atomic E-state index is 12.8. The first kappa shape index (κ1) is 21.1. The number of likely N-dealkylation sites (tertiary alicyclic amines) is 1. The summed E-state index contributed by atoms with van der Waals surface area (Å²) < 4.78 is 11.8. The minimum Gasteiger partial charge on any atom is -0.449 e. The van der Waals surface area contributed by atoms with E-state index in [0.717, 1.165) is 23.0 Å². The molecule has 0 unspecified atom stereocenters. The summed E-state index contributed by atoms with van der Waals surface area (Å²) in [6, 6.07) is 6.42. The van der Waals surface area contributed by atoms with Crippen molar-refractivity contribution in [3.05, 3.63) is 22.4 Å². The van der Waals surface area contributed by atoms with E-state index >= 15 is 0 Å². The van der Waals surface area contributed by atoms with Crippen molar-refractivity contribution in [1.82, 2.24) is 4.90 Å². The number of hydrogen-bond donors (Lipinski definition) is 0. The van der Waals surface area contributed by atoms with Gasteiger partial charge in [0.15, 0.2) is 14.4 Å². The van der Waals surface area contributed by atoms with Gasteiger partial charge in [0, 0.05) is 4.88 Å². The molecule has 1 fully saturated rings. The van der Waals surface area contributed by atoms with Crippen molar-refractivity contribution in [1.29, 1.82) is 0 Å². The lowest BCUT2D eigenvalue weighted by molar-refractivity contribution is -0.160. The molecule has 146 valence electrons. The lowest BCUT2D eigenvalue weighted by Gasteiger charge is -2.47. The van der Waals surface area contributed by atoms with E-state index in [9.17, 15) is 9.59 Å². The van der Waals surface area contributed by atoms with Crippen molar-refractivity contribution in [3.63, 3.8) is 0 Å². The maximum atomic E-state index is 12.8. The van der Waals surface area contributed by atoms with Gasteiger partial charge in [0.25, 0.3) is 5.91 Å². The third-order valence-corrected chi connectivity index (χ3v) is 10.6. The molecule has 0 spiro atoms. The number of imide groups is 1. The summed E-state index contributed by atoms with van der Waals surface area (Å²) in [7, 11) is -1.95. The van der Waals surface area contributed by atoms with Crippen LogP contribution in [0.25, 0.3) is 0 Å². The minimum atomic E-state index is -1.95. The molecule has 1 saturated heterocycles. The molecule has 0 aliphatic carbocycles. The molecule has 1 aliphatic rings. The van der Waals surface area contributed by atoms with Gasteiger partial charge in [-0.3, -0.25) is 4.79 Å². The molecule has 2 heterocycles. The Morgan fingerprint density at radius 3 is 2.31 bits per heavy atom. The van der Waals surface area contributed by atoms with Crippen molar-refractivity contribution >= 4 is 31.7 Å². The monoisotopic (exact) mass is 397 g/mol. The highest BCUT2D eigenvalue weighted by Gasteiger charge is 2.56. The van der Waals surface area contributed by atoms with Gasteiger partial charge in [-0.15, -0.1) is 11.3 Å². The fraction of sp³-hybridized carbons (Fsp3) is 0.684. The highest BCUT2D eigenvalue weighted by Crippen LogP contribution is 2.42. The van der Waals surface area contributed by atoms with E-state index in [4.69, 9.17) is 9.16 Å². The van der Waals surface area contributed by atoms with Gasteiger partial charge in [0.05, 0.1) is 6.61 Å². The van der Waals surface area contributed by atoms with E-state index in [1.807, 2.05) is 38.3 Å². The van der Waals surface area contributed by atoms with Crippen LogP contribution in [-0.2, 0) is 14.0 Å². The highest BCUT2D eigenvalue weighted by molar-refractivity contribution is 7.10. The number of β-lactam (4-membered cyclic amide) rings is 1. The molecule has 0 saturated carbocycles. The molecule has 0 aromatic carbocycles. The minimum absolute atomic E-state index is 0.146. The van der Waals surface area contributed by atoms with Crippen LogP contribution >= 0.6 is 11.3 Å². The van der Waals surface area contributed by atoms with Gasteiger partial charge in [-0.25, -0.2) is 9.69 Å². The largest absolute Gasteiger partial charge is 0.449 e. The summed E-state index contributed by atoms with van der Waals surface area (Å²) in [6.07, 6.45) is -1.14. The Balaban J connectivity index is 2.21. The molecule has 0 bridgehead atoms. The van der Waals surface area contributed by atoms with Crippen molar-refractivity contribution in [3.8, 4) is 0 Å². The third-order valence-electron chi connectivity index (χ3n) is 5.02. The molecule has 26 heavy (non-hydrogen) atoms. The summed E-state index contributed by atoms with van der Waals surface area (Å²) in [6.45, 7) is 12.7. The molecule has 7 heteroatoms. The van der Waals surface area contributed by atoms with Gasteiger partial charge in [-0.05, 0) is 35.0 Å². The van der Waals surface area contributed by atoms with E-state index in [0.29, 0.717) is 0 Å². The van der Waals surface area contributed by atoms with E-state index in [1.54, 1.807) is 0 Å². The number of hydrogen-bond acceptors (Lipinski definition) is 5. The molecular formula is C19H31NO4SSi. The zero-order chi connectivity index (χ0) is 19.5. The van der Waals surface area contributed by atoms with Gasteiger partial charge in [0.1, 0.15) is 6.04 Å². The van der Waals surface area contributed by atoms with Crippen molar-refractivity contribution in [2.24, 2.45) is 5.41 Å². The Morgan fingerprint density at radius 2 is 1.85 bits per heavy atom. The van der Waals surface area contributed by atoms with Gasteiger partial charge < -0.3 is 9.16 Å². The van der Waals surface area contributed by atoms with Crippen LogP contribution < -0.4 is 0 Å². The van der Waals surface area contributed by atoms with Crippen LogP contribution in [0.2, 0.25) is 18.1 Å². The average molecular weight is 398 g/mol. The van der Waals surface area contributed by atoms with Crippen LogP contribution in [0.5, 0.6) is 0 Å². The van der Waals surface area contributed by atoms with Crippen LogP contribution in [0.15, 0.2) is 17.5 Å². The topological polar surface area (TPSA) is 55.8 Å². The Hall–Kier alpha value is -1.18. The van der Waals surface area contributed by atoms with E-state index in [-0.39, 0.29) is 24.0 Å². The van der Waals surface area contributed by atoms with E-state index < -0.39 is 20.5 Å². The number of carbonyl (C=O) groups is 2. The second-order valence-electron chi connectivity index (χ2n) is 8.07. The second-order valence-corrected chi connectivity index (χ2v) is 13.8. The number of amides is 2. The Morgan fingerprint density at radius 1 is 1.23 bits per heavy atom. The second kappa shape index (κ2) is 8.23. The summed E-state index contributed by atoms with van der Waals surface area (Å²) in [5, 5.41) is 1.96. The molecule has 1 aliphatic heterocycles. The zero-order valence-corrected chi connectivity index (χ0v) is 18.5. The SMILES string of the molecule is CC[Si](CC)(CC)O[C@H]1C(=O)N(C(=O)OCC(C)(C)C)[C@H]1c1cccs1. The fourth-order valence-corrected chi connectivity index (χ4v) is 6.74. The standard InChI is InChI=1S/C19H31NO4SSi/c1-7-26(8-2,9-3)24-16-15(14-11-10-12-25-14)20(17(16)21)18(22)23-13-19(4,5)6/h10-12,15-16H,7-9,13H2,1-6H3/t15-,16+/m0/s1. The third kappa shape index (κ3) is 4.38. The Bertz CT molecular complexity index is 614. The molecule has 0 N–H and O–H groups in total. The van der Waals surface area contributed by atoms with Crippen LogP contribution in [0, 0.1) is 5.41 Å². The molecule has 2 amide bonds. The van der Waals surface area contributed by atoms with Crippen LogP contribution in [0.4, 0.5) is 4.79 Å².